The molecule has 0 aromatic carbocycles. The van der Waals surface area contributed by atoms with E-state index in [4.69, 9.17) is 4.74 Å². The molecule has 3 heteroatoms. The van der Waals surface area contributed by atoms with E-state index in [0.29, 0.717) is 18.9 Å². The van der Waals surface area contributed by atoms with E-state index in [9.17, 15) is 9.59 Å². The fraction of sp³-hybridized carbons (Fsp3) is 0.818. The van der Waals surface area contributed by atoms with Crippen LogP contribution in [0.3, 0.4) is 0 Å². The van der Waals surface area contributed by atoms with Crippen LogP contribution in [-0.4, -0.2) is 18.4 Å². The molecule has 2 atom stereocenters. The van der Waals surface area contributed by atoms with E-state index >= 15 is 0 Å². The number of ether oxygens (including phenoxy) is 1. The van der Waals surface area contributed by atoms with Crippen molar-refractivity contribution in [3.05, 3.63) is 0 Å². The summed E-state index contributed by atoms with van der Waals surface area (Å²) in [7, 11) is 0. The van der Waals surface area contributed by atoms with Gasteiger partial charge in [-0.2, -0.15) is 0 Å². The van der Waals surface area contributed by atoms with Crippen molar-refractivity contribution < 1.29 is 14.3 Å². The lowest BCUT2D eigenvalue weighted by atomic mass is 9.92. The second kappa shape index (κ2) is 4.58. The van der Waals surface area contributed by atoms with Crippen LogP contribution < -0.4 is 0 Å². The van der Waals surface area contributed by atoms with Gasteiger partial charge in [0.1, 0.15) is 11.7 Å². The molecule has 1 saturated carbocycles. The largest absolute Gasteiger partial charge is 0.465 e. The fourth-order valence-electron chi connectivity index (χ4n) is 2.03. The van der Waals surface area contributed by atoms with Gasteiger partial charge in [0.2, 0.25) is 0 Å². The molecule has 0 saturated heterocycles. The zero-order chi connectivity index (χ0) is 10.7. The average Bonchev–Trinajstić information content (AvgIpc) is 2.47. The summed E-state index contributed by atoms with van der Waals surface area (Å²) in [4.78, 5) is 23.1. The molecule has 0 N–H and O–H groups in total. The SMILES string of the molecule is CCOC(=O)C1CCC(C(C)C)C1=O. The van der Waals surface area contributed by atoms with E-state index in [2.05, 4.69) is 0 Å². The number of hydrogen-bond donors (Lipinski definition) is 0. The second-order valence-corrected chi connectivity index (χ2v) is 4.13. The van der Waals surface area contributed by atoms with Gasteiger partial charge in [-0.15, -0.1) is 0 Å². The Kier molecular flexibility index (Phi) is 3.67. The van der Waals surface area contributed by atoms with Gasteiger partial charge in [0.25, 0.3) is 0 Å². The van der Waals surface area contributed by atoms with Crippen LogP contribution in [0.15, 0.2) is 0 Å². The number of Topliss-reactive ketones (excluding diaryl/α,β-unsaturated/α-hetero) is 1. The topological polar surface area (TPSA) is 43.4 Å². The van der Waals surface area contributed by atoms with Gasteiger partial charge in [0.05, 0.1) is 6.61 Å². The minimum atomic E-state index is -0.484. The van der Waals surface area contributed by atoms with Gasteiger partial charge in [0, 0.05) is 5.92 Å². The Labute approximate surface area is 84.8 Å². The Bertz CT molecular complexity index is 233. The van der Waals surface area contributed by atoms with Crippen molar-refractivity contribution in [2.24, 2.45) is 17.8 Å². The summed E-state index contributed by atoms with van der Waals surface area (Å²) >= 11 is 0. The molecule has 80 valence electrons. The third-order valence-corrected chi connectivity index (χ3v) is 2.85. The lowest BCUT2D eigenvalue weighted by molar-refractivity contribution is -0.151. The van der Waals surface area contributed by atoms with Crippen LogP contribution in [0.1, 0.15) is 33.6 Å². The fourth-order valence-corrected chi connectivity index (χ4v) is 2.03. The number of esters is 1. The highest BCUT2D eigenvalue weighted by Gasteiger charge is 2.40. The van der Waals surface area contributed by atoms with Crippen molar-refractivity contribution in [2.45, 2.75) is 33.6 Å². The van der Waals surface area contributed by atoms with Crippen molar-refractivity contribution in [3.63, 3.8) is 0 Å². The summed E-state index contributed by atoms with van der Waals surface area (Å²) in [6.07, 6.45) is 1.50. The minimum Gasteiger partial charge on any atom is -0.465 e. The molecule has 0 spiro atoms. The van der Waals surface area contributed by atoms with Crippen LogP contribution in [0.5, 0.6) is 0 Å². The molecule has 1 aliphatic carbocycles. The highest BCUT2D eigenvalue weighted by molar-refractivity contribution is 6.01. The van der Waals surface area contributed by atoms with Crippen LogP contribution in [-0.2, 0) is 14.3 Å². The van der Waals surface area contributed by atoms with Gasteiger partial charge < -0.3 is 4.74 Å². The molecule has 2 unspecified atom stereocenters. The first kappa shape index (κ1) is 11.2. The molecule has 0 amide bonds. The van der Waals surface area contributed by atoms with E-state index < -0.39 is 5.92 Å². The predicted octanol–water partition coefficient (Wildman–Crippen LogP) is 1.80. The zero-order valence-electron chi connectivity index (χ0n) is 9.08. The minimum absolute atomic E-state index is 0.0596. The summed E-state index contributed by atoms with van der Waals surface area (Å²) in [6, 6.07) is 0. The summed E-state index contributed by atoms with van der Waals surface area (Å²) in [6.45, 7) is 6.17. The first-order chi connectivity index (χ1) is 6.57. The Morgan fingerprint density at radius 3 is 2.57 bits per heavy atom. The number of hydrogen-bond acceptors (Lipinski definition) is 3. The Balaban J connectivity index is 2.59. The summed E-state index contributed by atoms with van der Waals surface area (Å²) in [5.41, 5.74) is 0. The first-order valence-corrected chi connectivity index (χ1v) is 5.28. The molecule has 14 heavy (non-hydrogen) atoms. The highest BCUT2D eigenvalue weighted by Crippen LogP contribution is 2.32. The van der Waals surface area contributed by atoms with Crippen LogP contribution in [0.2, 0.25) is 0 Å². The molecule has 1 rings (SSSR count). The smallest absolute Gasteiger partial charge is 0.316 e. The number of ketones is 1. The maximum Gasteiger partial charge on any atom is 0.316 e. The Hall–Kier alpha value is -0.860. The molecule has 0 aromatic rings. The van der Waals surface area contributed by atoms with Crippen molar-refractivity contribution in [1.82, 2.24) is 0 Å². The Morgan fingerprint density at radius 1 is 1.50 bits per heavy atom. The van der Waals surface area contributed by atoms with E-state index in [0.717, 1.165) is 6.42 Å². The van der Waals surface area contributed by atoms with Crippen molar-refractivity contribution >= 4 is 11.8 Å². The summed E-state index contributed by atoms with van der Waals surface area (Å²) in [5, 5.41) is 0. The summed E-state index contributed by atoms with van der Waals surface area (Å²) < 4.78 is 4.86. The van der Waals surface area contributed by atoms with Gasteiger partial charge >= 0.3 is 5.97 Å². The first-order valence-electron chi connectivity index (χ1n) is 5.28. The van der Waals surface area contributed by atoms with Crippen molar-refractivity contribution in [3.8, 4) is 0 Å². The zero-order valence-corrected chi connectivity index (χ0v) is 9.08. The van der Waals surface area contributed by atoms with Crippen LogP contribution in [0.4, 0.5) is 0 Å². The summed E-state index contributed by atoms with van der Waals surface area (Å²) in [5.74, 6) is -0.340. The van der Waals surface area contributed by atoms with Crippen LogP contribution in [0.25, 0.3) is 0 Å². The molecule has 0 aliphatic heterocycles. The second-order valence-electron chi connectivity index (χ2n) is 4.13. The van der Waals surface area contributed by atoms with Gasteiger partial charge in [-0.25, -0.2) is 0 Å². The van der Waals surface area contributed by atoms with Crippen molar-refractivity contribution in [1.29, 1.82) is 0 Å². The molecule has 0 radical (unpaired) electrons. The standard InChI is InChI=1S/C11H18O3/c1-4-14-11(13)9-6-5-8(7(2)3)10(9)12/h7-9H,4-6H2,1-3H3. The van der Waals surface area contributed by atoms with Gasteiger partial charge in [0.15, 0.2) is 0 Å². The molecular formula is C11H18O3. The third-order valence-electron chi connectivity index (χ3n) is 2.85. The Morgan fingerprint density at radius 2 is 2.14 bits per heavy atom. The molecule has 3 nitrogen and oxygen atoms in total. The molecule has 0 heterocycles. The van der Waals surface area contributed by atoms with E-state index in [1.807, 2.05) is 13.8 Å². The lowest BCUT2D eigenvalue weighted by Gasteiger charge is -2.12. The van der Waals surface area contributed by atoms with E-state index in [1.165, 1.54) is 0 Å². The molecule has 1 fully saturated rings. The average molecular weight is 198 g/mol. The highest BCUT2D eigenvalue weighted by atomic mass is 16.5. The third kappa shape index (κ3) is 2.14. The lowest BCUT2D eigenvalue weighted by Crippen LogP contribution is -2.26. The number of carbonyl (C=O) groups is 2. The predicted molar refractivity (Wildman–Crippen MR) is 52.7 cm³/mol. The maximum atomic E-state index is 11.8. The van der Waals surface area contributed by atoms with Gasteiger partial charge in [-0.3, -0.25) is 9.59 Å². The quantitative estimate of drug-likeness (QED) is 0.513. The van der Waals surface area contributed by atoms with E-state index in [-0.39, 0.29) is 17.7 Å². The molecular weight excluding hydrogens is 180 g/mol. The van der Waals surface area contributed by atoms with Crippen molar-refractivity contribution in [2.75, 3.05) is 6.61 Å². The van der Waals surface area contributed by atoms with E-state index in [1.54, 1.807) is 6.92 Å². The maximum absolute atomic E-state index is 11.8. The molecule has 0 aromatic heterocycles. The normalized spacial score (nSPS) is 27.0. The van der Waals surface area contributed by atoms with Gasteiger partial charge in [-0.1, -0.05) is 13.8 Å². The van der Waals surface area contributed by atoms with Crippen LogP contribution >= 0.6 is 0 Å². The molecule has 1 aliphatic rings. The molecule has 0 bridgehead atoms. The van der Waals surface area contributed by atoms with Crippen LogP contribution in [0, 0.1) is 17.8 Å². The number of carbonyl (C=O) groups excluding carboxylic acids is 2. The number of rotatable bonds is 3. The van der Waals surface area contributed by atoms with Gasteiger partial charge in [-0.05, 0) is 25.7 Å². The monoisotopic (exact) mass is 198 g/mol.